The highest BCUT2D eigenvalue weighted by Gasteiger charge is 2.30. The summed E-state index contributed by atoms with van der Waals surface area (Å²) in [5.74, 6) is 2.09. The van der Waals surface area contributed by atoms with Gasteiger partial charge >= 0.3 is 0 Å². The molecule has 0 spiro atoms. The van der Waals surface area contributed by atoms with Crippen molar-refractivity contribution in [3.63, 3.8) is 0 Å². The molecule has 2 aromatic heterocycles. The molecule has 0 radical (unpaired) electrons. The van der Waals surface area contributed by atoms with Crippen molar-refractivity contribution in [2.45, 2.75) is 52.6 Å². The maximum atomic E-state index is 12.7. The van der Waals surface area contributed by atoms with E-state index in [0.29, 0.717) is 25.5 Å². The molecular formula is C24H32BrN7O2. The second-order valence-electron chi connectivity index (χ2n) is 8.63. The molecule has 0 unspecified atom stereocenters. The van der Waals surface area contributed by atoms with Crippen molar-refractivity contribution in [2.24, 2.45) is 5.73 Å². The third-order valence-electron chi connectivity index (χ3n) is 5.42. The largest absolute Gasteiger partial charge is 0.374 e. The van der Waals surface area contributed by atoms with Gasteiger partial charge in [-0.25, -0.2) is 4.98 Å². The van der Waals surface area contributed by atoms with Crippen LogP contribution in [0.1, 0.15) is 44.5 Å². The van der Waals surface area contributed by atoms with Crippen LogP contribution in [0, 0.1) is 0 Å². The highest BCUT2D eigenvalue weighted by molar-refractivity contribution is 9.10. The van der Waals surface area contributed by atoms with E-state index in [4.69, 9.17) is 10.5 Å². The predicted molar refractivity (Wildman–Crippen MR) is 135 cm³/mol. The van der Waals surface area contributed by atoms with Crippen LogP contribution < -0.4 is 16.0 Å². The van der Waals surface area contributed by atoms with Crippen molar-refractivity contribution in [1.29, 1.82) is 0 Å². The SMILES string of the molecule is C.CC(C)(N)C(=O)N[C@H](COCc1ccccc1)c1nnc2n1CCN(c1ccc(Br)cn1)C2. The maximum Gasteiger partial charge on any atom is 0.240 e. The molecule has 1 aliphatic heterocycles. The van der Waals surface area contributed by atoms with Gasteiger partial charge in [0.25, 0.3) is 0 Å². The number of halogens is 1. The molecule has 1 atom stereocenters. The molecule has 9 nitrogen and oxygen atoms in total. The minimum Gasteiger partial charge on any atom is -0.374 e. The number of nitrogens with zero attached hydrogens (tertiary/aromatic N) is 5. The zero-order valence-corrected chi connectivity index (χ0v) is 20.3. The standard InChI is InChI=1S/C23H28BrN7O2.CH4/c1-23(2,25)22(32)27-18(15-33-14-16-6-4-3-5-7-16)21-29-28-20-13-30(10-11-31(20)21)19-9-8-17(24)12-26-19;/h3-9,12,18H,10-11,13-15,25H2,1-2H3,(H,27,32);1H4/t18-;/m1./s1. The molecule has 1 aliphatic rings. The van der Waals surface area contributed by atoms with Gasteiger partial charge in [-0.2, -0.15) is 0 Å². The second kappa shape index (κ2) is 11.1. The number of carbonyl (C=O) groups is 1. The van der Waals surface area contributed by atoms with Crippen LogP contribution in [0.15, 0.2) is 53.1 Å². The lowest BCUT2D eigenvalue weighted by atomic mass is 10.1. The van der Waals surface area contributed by atoms with E-state index in [1.165, 1.54) is 0 Å². The number of pyridine rings is 1. The van der Waals surface area contributed by atoms with Crippen molar-refractivity contribution < 1.29 is 9.53 Å². The fourth-order valence-electron chi connectivity index (χ4n) is 3.58. The molecule has 0 saturated carbocycles. The van der Waals surface area contributed by atoms with Gasteiger partial charge < -0.3 is 25.3 Å². The van der Waals surface area contributed by atoms with Crippen molar-refractivity contribution in [1.82, 2.24) is 25.1 Å². The van der Waals surface area contributed by atoms with E-state index in [1.54, 1.807) is 20.0 Å². The van der Waals surface area contributed by atoms with E-state index in [0.717, 1.165) is 28.2 Å². The summed E-state index contributed by atoms with van der Waals surface area (Å²) in [6, 6.07) is 13.4. The summed E-state index contributed by atoms with van der Waals surface area (Å²) < 4.78 is 8.94. The third-order valence-corrected chi connectivity index (χ3v) is 5.88. The lowest BCUT2D eigenvalue weighted by Gasteiger charge is -2.30. The molecule has 10 heteroatoms. The maximum absolute atomic E-state index is 12.7. The Morgan fingerprint density at radius 3 is 2.65 bits per heavy atom. The summed E-state index contributed by atoms with van der Waals surface area (Å²) >= 11 is 3.42. The molecule has 1 aromatic carbocycles. The molecule has 1 amide bonds. The van der Waals surface area contributed by atoms with E-state index < -0.39 is 11.6 Å². The number of fused-ring (bicyclic) bond motifs is 1. The number of nitrogens with two attached hydrogens (primary N) is 1. The summed E-state index contributed by atoms with van der Waals surface area (Å²) in [4.78, 5) is 19.3. The van der Waals surface area contributed by atoms with Gasteiger partial charge in [0.2, 0.25) is 5.91 Å². The first-order valence-corrected chi connectivity index (χ1v) is 11.6. The Morgan fingerprint density at radius 1 is 1.21 bits per heavy atom. The fourth-order valence-corrected chi connectivity index (χ4v) is 3.82. The van der Waals surface area contributed by atoms with E-state index in [9.17, 15) is 4.79 Å². The molecule has 4 rings (SSSR count). The van der Waals surface area contributed by atoms with E-state index in [2.05, 4.69) is 45.9 Å². The highest BCUT2D eigenvalue weighted by Crippen LogP contribution is 2.23. The summed E-state index contributed by atoms with van der Waals surface area (Å²) in [6.07, 6.45) is 1.78. The Hall–Kier alpha value is -2.82. The minimum atomic E-state index is -1.02. The first-order valence-electron chi connectivity index (χ1n) is 10.8. The molecule has 3 N–H and O–H groups in total. The Morgan fingerprint density at radius 2 is 1.97 bits per heavy atom. The van der Waals surface area contributed by atoms with E-state index >= 15 is 0 Å². The smallest absolute Gasteiger partial charge is 0.240 e. The predicted octanol–water partition coefficient (Wildman–Crippen LogP) is 3.20. The first-order chi connectivity index (χ1) is 15.8. The van der Waals surface area contributed by atoms with Crippen LogP contribution in [0.2, 0.25) is 0 Å². The monoisotopic (exact) mass is 529 g/mol. The van der Waals surface area contributed by atoms with Gasteiger partial charge in [0.1, 0.15) is 11.9 Å². The van der Waals surface area contributed by atoms with Gasteiger partial charge in [0.15, 0.2) is 11.6 Å². The normalized spacial score (nSPS) is 14.2. The molecule has 0 saturated heterocycles. The van der Waals surface area contributed by atoms with Gasteiger partial charge in [-0.15, -0.1) is 10.2 Å². The molecule has 0 fully saturated rings. The van der Waals surface area contributed by atoms with Gasteiger partial charge in [0.05, 0.1) is 25.3 Å². The number of hydrogen-bond acceptors (Lipinski definition) is 7. The Kier molecular flexibility index (Phi) is 8.40. The number of benzene rings is 1. The van der Waals surface area contributed by atoms with Crippen molar-refractivity contribution >= 4 is 27.7 Å². The molecular weight excluding hydrogens is 498 g/mol. The third kappa shape index (κ3) is 6.19. The average Bonchev–Trinajstić information content (AvgIpc) is 3.22. The van der Waals surface area contributed by atoms with Crippen molar-refractivity contribution in [3.8, 4) is 0 Å². The number of aromatic nitrogens is 4. The number of rotatable bonds is 8. The Balaban J connectivity index is 0.00000324. The quantitative estimate of drug-likeness (QED) is 0.460. The van der Waals surface area contributed by atoms with E-state index in [-0.39, 0.29) is 19.9 Å². The number of ether oxygens (including phenoxy) is 1. The van der Waals surface area contributed by atoms with Crippen LogP contribution in [0.25, 0.3) is 0 Å². The lowest BCUT2D eigenvalue weighted by molar-refractivity contribution is -0.126. The fraction of sp³-hybridized carbons (Fsp3) is 0.417. The van der Waals surface area contributed by atoms with Gasteiger partial charge in [-0.3, -0.25) is 4.79 Å². The van der Waals surface area contributed by atoms with E-state index in [1.807, 2.05) is 42.5 Å². The van der Waals surface area contributed by atoms with Crippen LogP contribution in [-0.4, -0.2) is 44.3 Å². The first kappa shape index (κ1) is 25.8. The number of hydrogen-bond donors (Lipinski definition) is 2. The minimum absolute atomic E-state index is 0. The molecule has 182 valence electrons. The second-order valence-corrected chi connectivity index (χ2v) is 9.55. The number of anilines is 1. The summed E-state index contributed by atoms with van der Waals surface area (Å²) in [7, 11) is 0. The van der Waals surface area contributed by atoms with Crippen LogP contribution in [0.3, 0.4) is 0 Å². The zero-order valence-electron chi connectivity index (χ0n) is 18.7. The van der Waals surface area contributed by atoms with Crippen LogP contribution in [-0.2, 0) is 29.2 Å². The van der Waals surface area contributed by atoms with Crippen LogP contribution in [0.4, 0.5) is 5.82 Å². The van der Waals surface area contributed by atoms with Crippen molar-refractivity contribution in [3.05, 3.63) is 70.3 Å². The summed E-state index contributed by atoms with van der Waals surface area (Å²) in [6.45, 7) is 6.04. The number of amides is 1. The van der Waals surface area contributed by atoms with Gasteiger partial charge in [0, 0.05) is 23.8 Å². The Bertz CT molecular complexity index is 1080. The summed E-state index contributed by atoms with van der Waals surface area (Å²) in [5.41, 5.74) is 6.06. The molecule has 0 bridgehead atoms. The Labute approximate surface area is 208 Å². The number of nitrogens with one attached hydrogen (secondary N) is 1. The lowest BCUT2D eigenvalue weighted by Crippen LogP contribution is -2.51. The number of carbonyl (C=O) groups excluding carboxylic acids is 1. The summed E-state index contributed by atoms with van der Waals surface area (Å²) in [5, 5.41) is 11.8. The van der Waals surface area contributed by atoms with Gasteiger partial charge in [-0.1, -0.05) is 37.8 Å². The van der Waals surface area contributed by atoms with Crippen molar-refractivity contribution in [2.75, 3.05) is 18.1 Å². The van der Waals surface area contributed by atoms with Crippen LogP contribution >= 0.6 is 15.9 Å². The molecule has 3 aromatic rings. The van der Waals surface area contributed by atoms with Gasteiger partial charge in [-0.05, 0) is 47.5 Å². The molecule has 0 aliphatic carbocycles. The zero-order chi connectivity index (χ0) is 23.4. The highest BCUT2D eigenvalue weighted by atomic mass is 79.9. The molecule has 3 heterocycles. The average molecular weight is 530 g/mol. The topological polar surface area (TPSA) is 111 Å². The van der Waals surface area contributed by atoms with Crippen LogP contribution in [0.5, 0.6) is 0 Å². The molecule has 34 heavy (non-hydrogen) atoms.